The first-order valence-electron chi connectivity index (χ1n) is 7.59. The van der Waals surface area contributed by atoms with Crippen LogP contribution in [0.1, 0.15) is 24.9 Å². The summed E-state index contributed by atoms with van der Waals surface area (Å²) in [5.41, 5.74) is 1.03. The Bertz CT molecular complexity index is 853. The molecule has 6 nitrogen and oxygen atoms in total. The average Bonchev–Trinajstić information content (AvgIpc) is 3.23. The molecule has 0 spiro atoms. The molecule has 0 aliphatic heterocycles. The summed E-state index contributed by atoms with van der Waals surface area (Å²) in [7, 11) is 0. The smallest absolute Gasteiger partial charge is 0.387 e. The Morgan fingerprint density at radius 1 is 1.29 bits per heavy atom. The number of hydrogen-bond acceptors (Lipinski definition) is 5. The molecule has 0 bridgehead atoms. The molecule has 0 aliphatic carbocycles. The molecule has 3 rings (SSSR count). The van der Waals surface area contributed by atoms with Crippen molar-refractivity contribution in [3.05, 3.63) is 64.0 Å². The Kier molecular flexibility index (Phi) is 4.90. The third kappa shape index (κ3) is 3.80. The first kappa shape index (κ1) is 16.2. The number of benzene rings is 1. The maximum absolute atomic E-state index is 12.1. The van der Waals surface area contributed by atoms with Crippen molar-refractivity contribution in [3.63, 3.8) is 0 Å². The number of nitrogens with zero attached hydrogens (tertiary/aromatic N) is 2. The summed E-state index contributed by atoms with van der Waals surface area (Å²) in [5.74, 6) is -0.408. The van der Waals surface area contributed by atoms with Crippen molar-refractivity contribution in [1.29, 1.82) is 0 Å². The summed E-state index contributed by atoms with van der Waals surface area (Å²) in [6.45, 7) is 2.10. The molecule has 24 heavy (non-hydrogen) atoms. The van der Waals surface area contributed by atoms with Crippen LogP contribution in [0.15, 0.2) is 57.1 Å². The second-order valence-corrected chi connectivity index (χ2v) is 6.27. The fraction of sp³-hybridized carbons (Fsp3) is 0.235. The first-order valence-corrected chi connectivity index (χ1v) is 8.47. The highest BCUT2D eigenvalue weighted by Crippen LogP contribution is 2.21. The minimum absolute atomic E-state index is 0.0885. The van der Waals surface area contributed by atoms with Gasteiger partial charge in [-0.05, 0) is 23.9 Å². The SMILES string of the molecule is CC(NC(=O)CCn1nc(-c2cccs2)oc1=O)c1ccccc1. The lowest BCUT2D eigenvalue weighted by molar-refractivity contribution is -0.122. The normalized spacial score (nSPS) is 12.0. The highest BCUT2D eigenvalue weighted by atomic mass is 32.1. The van der Waals surface area contributed by atoms with E-state index in [1.807, 2.05) is 54.8 Å². The first-order chi connectivity index (χ1) is 11.6. The molecule has 1 atom stereocenters. The van der Waals surface area contributed by atoms with Gasteiger partial charge in [0, 0.05) is 6.42 Å². The second-order valence-electron chi connectivity index (χ2n) is 5.32. The largest absolute Gasteiger partial charge is 0.437 e. The van der Waals surface area contributed by atoms with Gasteiger partial charge in [0.1, 0.15) is 0 Å². The van der Waals surface area contributed by atoms with Gasteiger partial charge in [-0.1, -0.05) is 36.4 Å². The Hall–Kier alpha value is -2.67. The van der Waals surface area contributed by atoms with E-state index in [-0.39, 0.29) is 30.8 Å². The lowest BCUT2D eigenvalue weighted by Gasteiger charge is -2.13. The van der Waals surface area contributed by atoms with Crippen molar-refractivity contribution >= 4 is 17.2 Å². The summed E-state index contributed by atoms with van der Waals surface area (Å²) in [6, 6.07) is 13.3. The topological polar surface area (TPSA) is 77.1 Å². The molecular weight excluding hydrogens is 326 g/mol. The van der Waals surface area contributed by atoms with Gasteiger partial charge in [-0.3, -0.25) is 4.79 Å². The van der Waals surface area contributed by atoms with Crippen LogP contribution in [0.3, 0.4) is 0 Å². The van der Waals surface area contributed by atoms with E-state index in [4.69, 9.17) is 4.42 Å². The molecule has 2 heterocycles. The van der Waals surface area contributed by atoms with Crippen molar-refractivity contribution in [1.82, 2.24) is 15.1 Å². The predicted octanol–water partition coefficient (Wildman–Crippen LogP) is 2.83. The molecule has 1 N–H and O–H groups in total. The summed E-state index contributed by atoms with van der Waals surface area (Å²) in [6.07, 6.45) is 0.160. The molecule has 1 aromatic carbocycles. The molecule has 1 unspecified atom stereocenters. The summed E-state index contributed by atoms with van der Waals surface area (Å²) >= 11 is 1.44. The molecule has 1 amide bonds. The number of rotatable bonds is 6. The Labute approximate surface area is 142 Å². The fourth-order valence-electron chi connectivity index (χ4n) is 2.29. The lowest BCUT2D eigenvalue weighted by atomic mass is 10.1. The van der Waals surface area contributed by atoms with Crippen LogP contribution in [0.25, 0.3) is 10.8 Å². The van der Waals surface area contributed by atoms with Crippen molar-refractivity contribution in [2.75, 3.05) is 0 Å². The number of hydrogen-bond donors (Lipinski definition) is 1. The maximum atomic E-state index is 12.1. The van der Waals surface area contributed by atoms with E-state index in [0.717, 1.165) is 10.4 Å². The van der Waals surface area contributed by atoms with Crippen LogP contribution in [-0.4, -0.2) is 15.7 Å². The number of aromatic nitrogens is 2. The van der Waals surface area contributed by atoms with Crippen LogP contribution >= 0.6 is 11.3 Å². The summed E-state index contributed by atoms with van der Waals surface area (Å²) in [5, 5.41) is 8.92. The molecule has 0 saturated heterocycles. The van der Waals surface area contributed by atoms with Crippen molar-refractivity contribution in [2.45, 2.75) is 25.9 Å². The van der Waals surface area contributed by atoms with Crippen LogP contribution in [0.2, 0.25) is 0 Å². The molecule has 0 aliphatic rings. The van der Waals surface area contributed by atoms with E-state index in [1.54, 1.807) is 0 Å². The monoisotopic (exact) mass is 343 g/mol. The highest BCUT2D eigenvalue weighted by Gasteiger charge is 2.13. The van der Waals surface area contributed by atoms with Crippen LogP contribution in [0.4, 0.5) is 0 Å². The minimum Gasteiger partial charge on any atom is -0.387 e. The van der Waals surface area contributed by atoms with Gasteiger partial charge in [0.15, 0.2) is 0 Å². The molecular formula is C17H17N3O3S. The zero-order valence-electron chi connectivity index (χ0n) is 13.1. The molecule has 2 aromatic heterocycles. The molecule has 7 heteroatoms. The number of thiophene rings is 1. The molecule has 124 valence electrons. The number of carbonyl (C=O) groups excluding carboxylic acids is 1. The fourth-order valence-corrected chi connectivity index (χ4v) is 2.94. The third-order valence-electron chi connectivity index (χ3n) is 3.57. The maximum Gasteiger partial charge on any atom is 0.437 e. The quantitative estimate of drug-likeness (QED) is 0.746. The van der Waals surface area contributed by atoms with Gasteiger partial charge in [0.05, 0.1) is 17.5 Å². The van der Waals surface area contributed by atoms with Gasteiger partial charge >= 0.3 is 5.76 Å². The van der Waals surface area contributed by atoms with Gasteiger partial charge < -0.3 is 9.73 Å². The molecule has 0 radical (unpaired) electrons. The summed E-state index contributed by atoms with van der Waals surface area (Å²) < 4.78 is 6.30. The minimum atomic E-state index is -0.553. The van der Waals surface area contributed by atoms with Crippen LogP contribution in [0.5, 0.6) is 0 Å². The van der Waals surface area contributed by atoms with Crippen molar-refractivity contribution in [2.24, 2.45) is 0 Å². The van der Waals surface area contributed by atoms with Gasteiger partial charge in [-0.25, -0.2) is 4.79 Å². The highest BCUT2D eigenvalue weighted by molar-refractivity contribution is 7.13. The molecule has 3 aromatic rings. The van der Waals surface area contributed by atoms with E-state index in [2.05, 4.69) is 10.4 Å². The van der Waals surface area contributed by atoms with Gasteiger partial charge in [0.2, 0.25) is 5.91 Å². The lowest BCUT2D eigenvalue weighted by Crippen LogP contribution is -2.28. The van der Waals surface area contributed by atoms with E-state index in [9.17, 15) is 9.59 Å². The number of carbonyl (C=O) groups is 1. The van der Waals surface area contributed by atoms with Gasteiger partial charge in [-0.2, -0.15) is 4.68 Å². The molecule has 0 saturated carbocycles. The second kappa shape index (κ2) is 7.27. The Balaban J connectivity index is 1.58. The zero-order valence-corrected chi connectivity index (χ0v) is 14.0. The molecule has 0 fully saturated rings. The number of nitrogens with one attached hydrogen (secondary N) is 1. The van der Waals surface area contributed by atoms with E-state index < -0.39 is 5.76 Å². The Morgan fingerprint density at radius 2 is 2.08 bits per heavy atom. The third-order valence-corrected chi connectivity index (χ3v) is 4.42. The van der Waals surface area contributed by atoms with Gasteiger partial charge in [0.25, 0.3) is 5.89 Å². The van der Waals surface area contributed by atoms with E-state index in [1.165, 1.54) is 16.0 Å². The van der Waals surface area contributed by atoms with Gasteiger partial charge in [-0.15, -0.1) is 16.4 Å². The Morgan fingerprint density at radius 3 is 2.79 bits per heavy atom. The van der Waals surface area contributed by atoms with Crippen LogP contribution in [-0.2, 0) is 11.3 Å². The van der Waals surface area contributed by atoms with Crippen LogP contribution in [0, 0.1) is 0 Å². The van der Waals surface area contributed by atoms with Crippen LogP contribution < -0.4 is 11.1 Å². The summed E-state index contributed by atoms with van der Waals surface area (Å²) in [4.78, 5) is 24.6. The van der Waals surface area contributed by atoms with Crippen molar-refractivity contribution < 1.29 is 9.21 Å². The number of amides is 1. The van der Waals surface area contributed by atoms with E-state index >= 15 is 0 Å². The van der Waals surface area contributed by atoms with Crippen molar-refractivity contribution in [3.8, 4) is 10.8 Å². The zero-order chi connectivity index (χ0) is 16.9. The van der Waals surface area contributed by atoms with E-state index in [0.29, 0.717) is 0 Å². The standard InChI is InChI=1S/C17H17N3O3S/c1-12(13-6-3-2-4-7-13)18-15(21)9-10-20-17(22)23-16(19-20)14-8-5-11-24-14/h2-8,11-12H,9-10H2,1H3,(H,18,21). The average molecular weight is 343 g/mol. The number of aryl methyl sites for hydroxylation is 1. The predicted molar refractivity (Wildman–Crippen MR) is 91.7 cm³/mol.